The summed E-state index contributed by atoms with van der Waals surface area (Å²) in [7, 11) is 0. The maximum Gasteiger partial charge on any atom is 0.259 e. The van der Waals surface area contributed by atoms with Gasteiger partial charge in [0.15, 0.2) is 0 Å². The van der Waals surface area contributed by atoms with E-state index in [-0.39, 0.29) is 12.5 Å². The lowest BCUT2D eigenvalue weighted by Crippen LogP contribution is -2.26. The highest BCUT2D eigenvalue weighted by molar-refractivity contribution is 6.33. The third-order valence-electron chi connectivity index (χ3n) is 4.51. The lowest BCUT2D eigenvalue weighted by atomic mass is 9.97. The van der Waals surface area contributed by atoms with E-state index in [2.05, 4.69) is 46.2 Å². The molecule has 0 fully saturated rings. The Labute approximate surface area is 167 Å². The largest absolute Gasteiger partial charge is 0.375 e. The number of fused-ring (bicyclic) bond motifs is 2. The molecular weight excluding hydrogens is 370 g/mol. The van der Waals surface area contributed by atoms with Gasteiger partial charge in [-0.2, -0.15) is 5.10 Å². The highest BCUT2D eigenvalue weighted by Crippen LogP contribution is 2.27. The maximum absolute atomic E-state index is 12.1. The van der Waals surface area contributed by atoms with Gasteiger partial charge in [0, 0.05) is 5.56 Å². The van der Waals surface area contributed by atoms with Crippen molar-refractivity contribution >= 4 is 51.0 Å². The second-order valence-electron chi connectivity index (χ2n) is 6.36. The lowest BCUT2D eigenvalue weighted by molar-refractivity contribution is -0.119. The quantitative estimate of drug-likeness (QED) is 0.280. The zero-order valence-corrected chi connectivity index (χ0v) is 15.8. The molecule has 1 amide bonds. The van der Waals surface area contributed by atoms with Gasteiger partial charge in [0.2, 0.25) is 0 Å². The van der Waals surface area contributed by atoms with E-state index in [1.807, 2.05) is 42.5 Å². The minimum absolute atomic E-state index is 0.0807. The first kappa shape index (κ1) is 18.0. The number of benzene rings is 4. The van der Waals surface area contributed by atoms with Gasteiger partial charge >= 0.3 is 0 Å². The zero-order valence-electron chi connectivity index (χ0n) is 15.0. The van der Waals surface area contributed by atoms with Crippen molar-refractivity contribution in [2.45, 2.75) is 0 Å². The van der Waals surface area contributed by atoms with Crippen molar-refractivity contribution in [1.82, 2.24) is 5.43 Å². The Morgan fingerprint density at radius 2 is 1.50 bits per heavy atom. The number of carbonyl (C=O) groups excluding carboxylic acids is 1. The second kappa shape index (κ2) is 8.11. The Morgan fingerprint density at radius 1 is 0.893 bits per heavy atom. The van der Waals surface area contributed by atoms with Gasteiger partial charge < -0.3 is 5.32 Å². The van der Waals surface area contributed by atoms with Crippen LogP contribution in [0.1, 0.15) is 5.56 Å². The Balaban J connectivity index is 1.53. The summed E-state index contributed by atoms with van der Waals surface area (Å²) < 4.78 is 0. The van der Waals surface area contributed by atoms with Gasteiger partial charge in [-0.3, -0.25) is 4.79 Å². The molecule has 4 rings (SSSR count). The Hall–Kier alpha value is -3.37. The second-order valence-corrected chi connectivity index (χ2v) is 6.77. The highest BCUT2D eigenvalue weighted by atomic mass is 35.5. The molecule has 4 aromatic rings. The van der Waals surface area contributed by atoms with E-state index in [4.69, 9.17) is 11.6 Å². The van der Waals surface area contributed by atoms with Gasteiger partial charge in [0.25, 0.3) is 5.91 Å². The minimum Gasteiger partial charge on any atom is -0.375 e. The van der Waals surface area contributed by atoms with Crippen LogP contribution in [0, 0.1) is 0 Å². The number of hydrogen-bond donors (Lipinski definition) is 2. The van der Waals surface area contributed by atoms with Crippen LogP contribution in [-0.4, -0.2) is 18.7 Å². The van der Waals surface area contributed by atoms with E-state index in [1.54, 1.807) is 12.3 Å². The number of halogens is 1. The van der Waals surface area contributed by atoms with E-state index in [0.29, 0.717) is 10.7 Å². The monoisotopic (exact) mass is 387 g/mol. The number of nitrogens with one attached hydrogen (secondary N) is 2. The Morgan fingerprint density at radius 3 is 2.18 bits per heavy atom. The molecule has 28 heavy (non-hydrogen) atoms. The Kier molecular flexibility index (Phi) is 5.22. The van der Waals surface area contributed by atoms with E-state index in [0.717, 1.165) is 27.1 Å². The van der Waals surface area contributed by atoms with Crippen LogP contribution in [0.25, 0.3) is 21.5 Å². The van der Waals surface area contributed by atoms with Crippen LogP contribution in [0.5, 0.6) is 0 Å². The summed E-state index contributed by atoms with van der Waals surface area (Å²) in [6.45, 7) is 0.0807. The number of hydrazone groups is 1. The van der Waals surface area contributed by atoms with Crippen molar-refractivity contribution in [2.24, 2.45) is 5.10 Å². The molecule has 0 aliphatic heterocycles. The molecule has 0 aromatic heterocycles. The summed E-state index contributed by atoms with van der Waals surface area (Å²) in [5.41, 5.74) is 4.27. The highest BCUT2D eigenvalue weighted by Gasteiger charge is 2.06. The molecule has 4 nitrogen and oxygen atoms in total. The van der Waals surface area contributed by atoms with Crippen molar-refractivity contribution in [1.29, 1.82) is 0 Å². The fourth-order valence-corrected chi connectivity index (χ4v) is 3.38. The topological polar surface area (TPSA) is 53.5 Å². The molecule has 138 valence electrons. The number of para-hydroxylation sites is 1. The summed E-state index contributed by atoms with van der Waals surface area (Å²) in [6.07, 6.45) is 1.71. The SMILES string of the molecule is O=C(CNc1ccccc1Cl)N/N=C/c1c2ccccc2cc2ccccc12. The predicted octanol–water partition coefficient (Wildman–Crippen LogP) is 5.21. The first-order valence-electron chi connectivity index (χ1n) is 8.93. The van der Waals surface area contributed by atoms with Crippen molar-refractivity contribution in [3.63, 3.8) is 0 Å². The molecular formula is C23H18ClN3O. The van der Waals surface area contributed by atoms with Gasteiger partial charge in [0.05, 0.1) is 23.5 Å². The number of amides is 1. The molecule has 0 aliphatic carbocycles. The molecule has 0 aliphatic rings. The number of anilines is 1. The van der Waals surface area contributed by atoms with Crippen molar-refractivity contribution < 1.29 is 4.79 Å². The van der Waals surface area contributed by atoms with E-state index >= 15 is 0 Å². The van der Waals surface area contributed by atoms with Gasteiger partial charge in [-0.1, -0.05) is 72.3 Å². The number of nitrogens with zero attached hydrogens (tertiary/aromatic N) is 1. The van der Waals surface area contributed by atoms with Crippen LogP contribution in [-0.2, 0) is 4.79 Å². The average molecular weight is 388 g/mol. The summed E-state index contributed by atoms with van der Waals surface area (Å²) in [4.78, 5) is 12.1. The maximum atomic E-state index is 12.1. The molecule has 4 aromatic carbocycles. The normalized spacial score (nSPS) is 11.2. The fourth-order valence-electron chi connectivity index (χ4n) is 3.18. The van der Waals surface area contributed by atoms with Gasteiger partial charge in [-0.05, 0) is 39.7 Å². The van der Waals surface area contributed by atoms with Crippen molar-refractivity contribution in [3.8, 4) is 0 Å². The molecule has 0 radical (unpaired) electrons. The first-order chi connectivity index (χ1) is 13.7. The van der Waals surface area contributed by atoms with E-state index < -0.39 is 0 Å². The average Bonchev–Trinajstić information content (AvgIpc) is 2.72. The van der Waals surface area contributed by atoms with Crippen LogP contribution < -0.4 is 10.7 Å². The molecule has 2 N–H and O–H groups in total. The van der Waals surface area contributed by atoms with Crippen LogP contribution >= 0.6 is 11.6 Å². The van der Waals surface area contributed by atoms with Gasteiger partial charge in [-0.25, -0.2) is 5.43 Å². The minimum atomic E-state index is -0.249. The molecule has 0 spiro atoms. The molecule has 0 saturated carbocycles. The van der Waals surface area contributed by atoms with Crippen molar-refractivity contribution in [2.75, 3.05) is 11.9 Å². The molecule has 0 unspecified atom stereocenters. The predicted molar refractivity (Wildman–Crippen MR) is 117 cm³/mol. The first-order valence-corrected chi connectivity index (χ1v) is 9.31. The van der Waals surface area contributed by atoms with Crippen molar-refractivity contribution in [3.05, 3.63) is 89.4 Å². The molecule has 0 bridgehead atoms. The molecule has 0 saturated heterocycles. The van der Waals surface area contributed by atoms with Crippen LogP contribution in [0.3, 0.4) is 0 Å². The van der Waals surface area contributed by atoms with Gasteiger partial charge in [-0.15, -0.1) is 0 Å². The van der Waals surface area contributed by atoms with E-state index in [9.17, 15) is 4.79 Å². The van der Waals surface area contributed by atoms with Crippen LogP contribution in [0.4, 0.5) is 5.69 Å². The number of rotatable bonds is 5. The lowest BCUT2D eigenvalue weighted by Gasteiger charge is -2.08. The number of hydrogen-bond acceptors (Lipinski definition) is 3. The summed E-state index contributed by atoms with van der Waals surface area (Å²) >= 11 is 6.08. The Bertz CT molecular complexity index is 1130. The summed E-state index contributed by atoms with van der Waals surface area (Å²) in [5.74, 6) is -0.249. The number of carbonyl (C=O) groups is 1. The molecule has 0 heterocycles. The third-order valence-corrected chi connectivity index (χ3v) is 4.84. The fraction of sp³-hybridized carbons (Fsp3) is 0.0435. The summed E-state index contributed by atoms with van der Waals surface area (Å²) in [6, 6.07) is 25.7. The molecule has 5 heteroatoms. The van der Waals surface area contributed by atoms with Gasteiger partial charge in [0.1, 0.15) is 0 Å². The smallest absolute Gasteiger partial charge is 0.259 e. The van der Waals surface area contributed by atoms with Crippen LogP contribution in [0.2, 0.25) is 5.02 Å². The zero-order chi connectivity index (χ0) is 19.3. The summed E-state index contributed by atoms with van der Waals surface area (Å²) in [5, 5.41) is 12.2. The van der Waals surface area contributed by atoms with Crippen LogP contribution in [0.15, 0.2) is 84.0 Å². The third kappa shape index (κ3) is 3.82. The van der Waals surface area contributed by atoms with E-state index in [1.165, 1.54) is 0 Å². The molecule has 0 atom stereocenters. The standard InChI is InChI=1S/C23H18ClN3O/c24-21-11-5-6-12-22(21)25-15-23(28)27-26-14-20-18-9-3-1-7-16(18)13-17-8-2-4-10-19(17)20/h1-14,25H,15H2,(H,27,28)/b26-14+.